The summed E-state index contributed by atoms with van der Waals surface area (Å²) in [5.41, 5.74) is 3.09. The summed E-state index contributed by atoms with van der Waals surface area (Å²) in [4.78, 5) is 28.5. The van der Waals surface area contributed by atoms with Gasteiger partial charge in [0.1, 0.15) is 37.9 Å². The van der Waals surface area contributed by atoms with E-state index in [-0.39, 0.29) is 64.7 Å². The first-order valence-electron chi connectivity index (χ1n) is 23.3. The van der Waals surface area contributed by atoms with Gasteiger partial charge >= 0.3 is 11.9 Å². The molecule has 0 aliphatic carbocycles. The molecule has 5 aromatic carbocycles. The van der Waals surface area contributed by atoms with E-state index in [0.29, 0.717) is 47.0 Å². The molecule has 0 amide bonds. The Morgan fingerprint density at radius 1 is 0.379 bits per heavy atom. The zero-order valence-electron chi connectivity index (χ0n) is 38.0. The van der Waals surface area contributed by atoms with E-state index in [1.54, 1.807) is 0 Å². The van der Waals surface area contributed by atoms with Crippen LogP contribution in [0.15, 0.2) is 168 Å². The number of ether oxygens (including phenoxy) is 8. The second kappa shape index (κ2) is 22.2. The van der Waals surface area contributed by atoms with E-state index in [2.05, 4.69) is 48.5 Å². The fourth-order valence-electron chi connectivity index (χ4n) is 9.92. The lowest BCUT2D eigenvalue weighted by Crippen LogP contribution is -2.37. The Morgan fingerprint density at radius 2 is 0.682 bits per heavy atom. The minimum absolute atomic E-state index is 0.0769. The van der Waals surface area contributed by atoms with E-state index in [0.717, 1.165) is 47.9 Å². The number of allylic oxidation sites excluding steroid dienone is 2. The first kappa shape index (κ1) is 46.2. The van der Waals surface area contributed by atoms with Crippen LogP contribution in [0.2, 0.25) is 0 Å². The van der Waals surface area contributed by atoms with Gasteiger partial charge in [-0.15, -0.1) is 0 Å². The number of cyclic esters (lactones) is 2. The van der Waals surface area contributed by atoms with Gasteiger partial charge < -0.3 is 37.9 Å². The third kappa shape index (κ3) is 10.1. The average Bonchev–Trinajstić information content (AvgIpc) is 3.83. The molecule has 3 aliphatic rings. The maximum absolute atomic E-state index is 14.2. The van der Waals surface area contributed by atoms with Gasteiger partial charge in [-0.3, -0.25) is 0 Å². The minimum Gasteiger partial charge on any atom is -0.487 e. The maximum Gasteiger partial charge on any atom is 0.337 e. The number of rotatable bonds is 4. The van der Waals surface area contributed by atoms with Crippen LogP contribution >= 0.6 is 0 Å². The average molecular weight is 893 g/mol. The molecule has 344 valence electrons. The molecule has 0 fully saturated rings. The Kier molecular flexibility index (Phi) is 15.5. The van der Waals surface area contributed by atoms with Crippen molar-refractivity contribution in [3.05, 3.63) is 191 Å². The van der Waals surface area contributed by atoms with Crippen molar-refractivity contribution >= 4 is 11.9 Å². The van der Waals surface area contributed by atoms with Gasteiger partial charge in [-0.25, -0.2) is 9.59 Å². The fraction of sp³-hybridized carbons (Fsp3) is 0.357. The van der Waals surface area contributed by atoms with E-state index < -0.39 is 23.1 Å². The predicted octanol–water partition coefficient (Wildman–Crippen LogP) is 10.6. The number of hydrogen-bond acceptors (Lipinski definition) is 10. The van der Waals surface area contributed by atoms with E-state index in [4.69, 9.17) is 37.9 Å². The van der Waals surface area contributed by atoms with Crippen molar-refractivity contribution in [3.63, 3.8) is 0 Å². The topological polar surface area (TPSA) is 108 Å². The van der Waals surface area contributed by atoms with Crippen molar-refractivity contribution in [2.24, 2.45) is 11.8 Å². The number of fused-ring (bicyclic) bond motifs is 3. The third-order valence-electron chi connectivity index (χ3n) is 12.8. The minimum atomic E-state index is -0.940. The quantitative estimate of drug-likeness (QED) is 0.162. The van der Waals surface area contributed by atoms with Crippen LogP contribution < -0.4 is 9.47 Å². The van der Waals surface area contributed by atoms with E-state index >= 15 is 0 Å². The van der Waals surface area contributed by atoms with Gasteiger partial charge in [0.25, 0.3) is 0 Å². The highest BCUT2D eigenvalue weighted by molar-refractivity contribution is 5.91. The SMILES string of the molecule is CC1=C2C(=O)OCCOCCOc3ccccc3OCCOCCOC(=O)C3=C(C)OC(c4ccccc4)(c4ccccc4)C3CCCCCCC2C(c2ccccc2)(c2ccccc2)O1. The predicted molar refractivity (Wildman–Crippen MR) is 251 cm³/mol. The van der Waals surface area contributed by atoms with Gasteiger partial charge in [-0.05, 0) is 38.8 Å². The molecule has 3 aliphatic heterocycles. The van der Waals surface area contributed by atoms with E-state index in [1.807, 2.05) is 111 Å². The Balaban J connectivity index is 1.07. The molecule has 0 aromatic heterocycles. The molecule has 0 saturated carbocycles. The van der Waals surface area contributed by atoms with Crippen molar-refractivity contribution in [1.82, 2.24) is 0 Å². The maximum atomic E-state index is 14.2. The molecule has 0 radical (unpaired) electrons. The number of para-hydroxylation sites is 2. The van der Waals surface area contributed by atoms with Crippen LogP contribution in [0.3, 0.4) is 0 Å². The summed E-state index contributed by atoms with van der Waals surface area (Å²) in [6.45, 7) is 5.42. The molecule has 0 bridgehead atoms. The van der Waals surface area contributed by atoms with Crippen molar-refractivity contribution in [1.29, 1.82) is 0 Å². The molecule has 10 nitrogen and oxygen atoms in total. The molecule has 10 heteroatoms. The molecule has 0 saturated heterocycles. The Morgan fingerprint density at radius 3 is 1.02 bits per heavy atom. The fourth-order valence-corrected chi connectivity index (χ4v) is 9.92. The largest absolute Gasteiger partial charge is 0.487 e. The normalized spacial score (nSPS) is 21.4. The van der Waals surface area contributed by atoms with Crippen LogP contribution in [0.1, 0.15) is 74.6 Å². The van der Waals surface area contributed by atoms with Crippen LogP contribution in [-0.4, -0.2) is 64.8 Å². The lowest BCUT2D eigenvalue weighted by Gasteiger charge is -2.37. The Labute approximate surface area is 388 Å². The standard InChI is InChI=1S/C56H60O10/c1-41-51-47(55(65-41,43-21-9-5-10-22-43)44-23-11-6-12-24-44)29-17-3-4-18-30-48-52(42(2)66-56(48,45-25-13-7-14-26-45)46-27-15-8-16-28-46)54(58)64-40-36-60-34-38-62-50-32-20-19-31-49(50)61-37-33-59-35-39-63-53(51)57/h5-16,19-28,31-32,47-48H,3-4,17-18,29-30,33-40H2,1-2H3. The van der Waals surface area contributed by atoms with Gasteiger partial charge in [-0.1, -0.05) is 159 Å². The summed E-state index contributed by atoms with van der Waals surface area (Å²) >= 11 is 0. The molecule has 3 heterocycles. The molecule has 5 aromatic rings. The lowest BCUT2D eigenvalue weighted by atomic mass is 9.71. The van der Waals surface area contributed by atoms with Crippen LogP contribution in [0.5, 0.6) is 11.5 Å². The number of benzene rings is 5. The van der Waals surface area contributed by atoms with Crippen LogP contribution in [0, 0.1) is 11.8 Å². The highest BCUT2D eigenvalue weighted by Gasteiger charge is 2.55. The molecular formula is C56H60O10. The smallest absolute Gasteiger partial charge is 0.337 e. The van der Waals surface area contributed by atoms with Gasteiger partial charge in [0.15, 0.2) is 22.7 Å². The first-order valence-corrected chi connectivity index (χ1v) is 23.3. The summed E-state index contributed by atoms with van der Waals surface area (Å²) in [7, 11) is 0. The van der Waals surface area contributed by atoms with Crippen LogP contribution in [0.25, 0.3) is 0 Å². The van der Waals surface area contributed by atoms with Gasteiger partial charge in [0.05, 0.1) is 37.6 Å². The molecule has 8 rings (SSSR count). The summed E-state index contributed by atoms with van der Waals surface area (Å²) in [6, 6.07) is 48.1. The lowest BCUT2D eigenvalue weighted by molar-refractivity contribution is -0.142. The highest BCUT2D eigenvalue weighted by Crippen LogP contribution is 2.55. The van der Waals surface area contributed by atoms with Crippen molar-refractivity contribution < 1.29 is 47.5 Å². The molecule has 2 atom stereocenters. The van der Waals surface area contributed by atoms with Gasteiger partial charge in [0, 0.05) is 34.1 Å². The van der Waals surface area contributed by atoms with Crippen molar-refractivity contribution in [2.75, 3.05) is 52.9 Å². The first-order chi connectivity index (χ1) is 32.4. The van der Waals surface area contributed by atoms with Gasteiger partial charge in [0.2, 0.25) is 0 Å². The number of hydrogen-bond donors (Lipinski definition) is 0. The molecule has 2 unspecified atom stereocenters. The Hall–Kier alpha value is -6.36. The molecule has 66 heavy (non-hydrogen) atoms. The summed E-state index contributed by atoms with van der Waals surface area (Å²) in [6.07, 6.45) is 4.77. The van der Waals surface area contributed by atoms with Crippen LogP contribution in [0.4, 0.5) is 0 Å². The third-order valence-corrected chi connectivity index (χ3v) is 12.8. The number of carbonyl (C=O) groups excluding carboxylic acids is 2. The number of carbonyl (C=O) groups is 2. The van der Waals surface area contributed by atoms with E-state index in [9.17, 15) is 9.59 Å². The molecule has 0 N–H and O–H groups in total. The van der Waals surface area contributed by atoms with Crippen LogP contribution in [-0.2, 0) is 49.2 Å². The molecular weight excluding hydrogens is 833 g/mol. The summed E-state index contributed by atoms with van der Waals surface area (Å²) < 4.78 is 49.5. The monoisotopic (exact) mass is 892 g/mol. The second-order valence-electron chi connectivity index (χ2n) is 16.8. The zero-order valence-corrected chi connectivity index (χ0v) is 38.0. The van der Waals surface area contributed by atoms with Gasteiger partial charge in [-0.2, -0.15) is 0 Å². The van der Waals surface area contributed by atoms with E-state index in [1.165, 1.54) is 0 Å². The molecule has 0 spiro atoms. The Bertz CT molecular complexity index is 2170. The summed E-state index contributed by atoms with van der Waals surface area (Å²) in [5.74, 6) is 0.778. The summed E-state index contributed by atoms with van der Waals surface area (Å²) in [5, 5.41) is 0. The second-order valence-corrected chi connectivity index (χ2v) is 16.8. The zero-order chi connectivity index (χ0) is 45.6. The highest BCUT2D eigenvalue weighted by atomic mass is 16.6. The van der Waals surface area contributed by atoms with Crippen molar-refractivity contribution in [3.8, 4) is 11.5 Å². The number of esters is 2. The van der Waals surface area contributed by atoms with Crippen molar-refractivity contribution in [2.45, 2.75) is 63.6 Å².